The Kier molecular flexibility index (Phi) is 3.69. The minimum absolute atomic E-state index is 0.150. The Labute approximate surface area is 126 Å². The highest BCUT2D eigenvalue weighted by Gasteiger charge is 2.56. The second-order valence-electron chi connectivity index (χ2n) is 6.32. The molecule has 0 aromatic heterocycles. The Bertz CT molecular complexity index is 579. The largest absolute Gasteiger partial charge is 0.481 e. The first-order valence-electron chi connectivity index (χ1n) is 7.17. The van der Waals surface area contributed by atoms with Crippen LogP contribution in [0.4, 0.5) is 13.2 Å². The van der Waals surface area contributed by atoms with Crippen LogP contribution in [0, 0.1) is 17.8 Å². The summed E-state index contributed by atoms with van der Waals surface area (Å²) in [5.74, 6) is -5.23. The first-order chi connectivity index (χ1) is 10.1. The van der Waals surface area contributed by atoms with Gasteiger partial charge in [-0.25, -0.2) is 0 Å². The summed E-state index contributed by atoms with van der Waals surface area (Å²) in [5, 5.41) is 8.97. The van der Waals surface area contributed by atoms with E-state index in [2.05, 4.69) is 0 Å². The number of rotatable bonds is 3. The van der Waals surface area contributed by atoms with Gasteiger partial charge in [0.05, 0.1) is 11.8 Å². The van der Waals surface area contributed by atoms with Crippen molar-refractivity contribution in [3.63, 3.8) is 0 Å². The molecule has 2 aliphatic heterocycles. The molecule has 2 saturated heterocycles. The van der Waals surface area contributed by atoms with Crippen molar-refractivity contribution < 1.29 is 31.5 Å². The molecular formula is C12H17F3N2O4S. The summed E-state index contributed by atoms with van der Waals surface area (Å²) >= 11 is 0. The van der Waals surface area contributed by atoms with E-state index in [1.807, 2.05) is 0 Å². The summed E-state index contributed by atoms with van der Waals surface area (Å²) in [6, 6.07) is -0.150. The van der Waals surface area contributed by atoms with Crippen LogP contribution in [0.2, 0.25) is 0 Å². The molecule has 3 rings (SSSR count). The smallest absolute Gasteiger partial charge is 0.393 e. The summed E-state index contributed by atoms with van der Waals surface area (Å²) in [6.45, 7) is -1.09. The third kappa shape index (κ3) is 2.50. The van der Waals surface area contributed by atoms with Crippen molar-refractivity contribution in [3.8, 4) is 0 Å². The van der Waals surface area contributed by atoms with Crippen LogP contribution < -0.4 is 0 Å². The number of fused-ring (bicyclic) bond motifs is 2. The van der Waals surface area contributed by atoms with Gasteiger partial charge < -0.3 is 5.11 Å². The number of carbonyl (C=O) groups is 1. The van der Waals surface area contributed by atoms with Crippen LogP contribution in [-0.2, 0) is 15.0 Å². The van der Waals surface area contributed by atoms with E-state index in [9.17, 15) is 26.4 Å². The van der Waals surface area contributed by atoms with Gasteiger partial charge in [-0.05, 0) is 25.2 Å². The molecule has 2 unspecified atom stereocenters. The van der Waals surface area contributed by atoms with Crippen LogP contribution in [-0.4, -0.2) is 60.0 Å². The molecule has 1 N–H and O–H groups in total. The predicted octanol–water partition coefficient (Wildman–Crippen LogP) is 0.910. The van der Waals surface area contributed by atoms with Crippen molar-refractivity contribution >= 4 is 16.2 Å². The number of aliphatic carboxylic acids is 1. The Morgan fingerprint density at radius 2 is 1.82 bits per heavy atom. The molecule has 3 aliphatic rings. The average molecular weight is 342 g/mol. The molecule has 1 aliphatic carbocycles. The predicted molar refractivity (Wildman–Crippen MR) is 69.0 cm³/mol. The molecule has 0 aromatic carbocycles. The van der Waals surface area contributed by atoms with E-state index in [1.54, 1.807) is 0 Å². The molecule has 126 valence electrons. The number of nitrogens with zero attached hydrogens (tertiary/aromatic N) is 2. The van der Waals surface area contributed by atoms with Crippen LogP contribution in [0.5, 0.6) is 0 Å². The lowest BCUT2D eigenvalue weighted by Gasteiger charge is -2.30. The fraction of sp³-hybridized carbons (Fsp3) is 0.917. The second kappa shape index (κ2) is 5.07. The van der Waals surface area contributed by atoms with Crippen molar-refractivity contribution in [2.75, 3.05) is 19.6 Å². The van der Waals surface area contributed by atoms with Gasteiger partial charge in [0.15, 0.2) is 0 Å². The van der Waals surface area contributed by atoms with Gasteiger partial charge in [0, 0.05) is 25.7 Å². The third-order valence-electron chi connectivity index (χ3n) is 5.01. The van der Waals surface area contributed by atoms with Crippen LogP contribution in [0.15, 0.2) is 0 Å². The van der Waals surface area contributed by atoms with E-state index in [1.165, 1.54) is 4.31 Å². The van der Waals surface area contributed by atoms with Crippen LogP contribution in [0.25, 0.3) is 0 Å². The number of alkyl halides is 3. The molecule has 0 amide bonds. The number of carboxylic acids is 1. The summed E-state index contributed by atoms with van der Waals surface area (Å²) in [7, 11) is -4.03. The maximum absolute atomic E-state index is 13.0. The zero-order valence-electron chi connectivity index (χ0n) is 11.7. The molecule has 10 heteroatoms. The molecule has 6 nitrogen and oxygen atoms in total. The number of carboxylic acid groups (broad SMARTS) is 1. The minimum atomic E-state index is -4.72. The highest BCUT2D eigenvalue weighted by Crippen LogP contribution is 2.43. The SMILES string of the molecule is O=C(O)[C@@H]1CN(S(=O)(=O)N2CC3CCC2C3)C[C@H]1C(F)(F)F. The molecule has 0 spiro atoms. The topological polar surface area (TPSA) is 77.9 Å². The van der Waals surface area contributed by atoms with Gasteiger partial charge in [0.2, 0.25) is 0 Å². The van der Waals surface area contributed by atoms with Gasteiger partial charge in [-0.2, -0.15) is 30.2 Å². The highest BCUT2D eigenvalue weighted by molar-refractivity contribution is 7.86. The fourth-order valence-corrected chi connectivity index (χ4v) is 5.81. The van der Waals surface area contributed by atoms with Crippen LogP contribution in [0.1, 0.15) is 19.3 Å². The third-order valence-corrected chi connectivity index (χ3v) is 7.00. The summed E-state index contributed by atoms with van der Waals surface area (Å²) in [4.78, 5) is 11.0. The van der Waals surface area contributed by atoms with Crippen LogP contribution >= 0.6 is 0 Å². The summed E-state index contributed by atoms with van der Waals surface area (Å²) in [5.41, 5.74) is 0. The standard InChI is InChI=1S/C12H17F3N2O4S/c13-12(14,15)10-6-16(5-9(10)11(18)19)22(20,21)17-4-7-1-2-8(17)3-7/h7-10H,1-6H2,(H,18,19)/t7?,8?,9-,10-/m1/s1. The number of hydrogen-bond donors (Lipinski definition) is 1. The normalized spacial score (nSPS) is 37.0. The lowest BCUT2D eigenvalue weighted by molar-refractivity contribution is -0.187. The molecule has 0 radical (unpaired) electrons. The van der Waals surface area contributed by atoms with Crippen molar-refractivity contribution in [2.45, 2.75) is 31.5 Å². The van der Waals surface area contributed by atoms with Crippen molar-refractivity contribution in [1.82, 2.24) is 8.61 Å². The first-order valence-corrected chi connectivity index (χ1v) is 8.57. The maximum atomic E-state index is 13.0. The number of halogens is 3. The van der Waals surface area contributed by atoms with Gasteiger partial charge in [-0.1, -0.05) is 0 Å². The highest BCUT2D eigenvalue weighted by atomic mass is 32.2. The maximum Gasteiger partial charge on any atom is 0.393 e. The summed E-state index contributed by atoms with van der Waals surface area (Å²) in [6.07, 6.45) is -2.31. The molecular weight excluding hydrogens is 325 g/mol. The Hall–Kier alpha value is -0.870. The molecule has 3 fully saturated rings. The molecule has 4 atom stereocenters. The Balaban J connectivity index is 1.82. The van der Waals surface area contributed by atoms with E-state index in [4.69, 9.17) is 5.11 Å². The quantitative estimate of drug-likeness (QED) is 0.827. The van der Waals surface area contributed by atoms with Gasteiger partial charge >= 0.3 is 12.1 Å². The molecule has 2 heterocycles. The van der Waals surface area contributed by atoms with E-state index in [0.717, 1.165) is 19.3 Å². The molecule has 1 saturated carbocycles. The van der Waals surface area contributed by atoms with E-state index < -0.39 is 47.3 Å². The van der Waals surface area contributed by atoms with E-state index in [-0.39, 0.29) is 12.0 Å². The zero-order valence-corrected chi connectivity index (χ0v) is 12.5. The molecule has 0 aromatic rings. The van der Waals surface area contributed by atoms with Gasteiger partial charge in [-0.3, -0.25) is 4.79 Å². The van der Waals surface area contributed by atoms with Gasteiger partial charge in [0.1, 0.15) is 0 Å². The van der Waals surface area contributed by atoms with E-state index >= 15 is 0 Å². The first kappa shape index (κ1) is 16.0. The second-order valence-corrected chi connectivity index (χ2v) is 8.20. The molecule has 2 bridgehead atoms. The minimum Gasteiger partial charge on any atom is -0.481 e. The Morgan fingerprint density at radius 1 is 1.14 bits per heavy atom. The number of hydrogen-bond acceptors (Lipinski definition) is 3. The fourth-order valence-electron chi connectivity index (χ4n) is 3.85. The van der Waals surface area contributed by atoms with E-state index in [0.29, 0.717) is 10.8 Å². The van der Waals surface area contributed by atoms with Crippen molar-refractivity contribution in [3.05, 3.63) is 0 Å². The number of piperidine rings is 1. The average Bonchev–Trinajstić information content (AvgIpc) is 3.12. The van der Waals surface area contributed by atoms with Gasteiger partial charge in [0.25, 0.3) is 10.2 Å². The van der Waals surface area contributed by atoms with Crippen LogP contribution in [0.3, 0.4) is 0 Å². The van der Waals surface area contributed by atoms with Crippen molar-refractivity contribution in [1.29, 1.82) is 0 Å². The zero-order chi connectivity index (χ0) is 16.3. The monoisotopic (exact) mass is 342 g/mol. The lowest BCUT2D eigenvalue weighted by Crippen LogP contribution is -2.46. The van der Waals surface area contributed by atoms with Crippen molar-refractivity contribution in [2.24, 2.45) is 17.8 Å². The Morgan fingerprint density at radius 3 is 2.23 bits per heavy atom. The van der Waals surface area contributed by atoms with Gasteiger partial charge in [-0.15, -0.1) is 0 Å². The summed E-state index contributed by atoms with van der Waals surface area (Å²) < 4.78 is 66.0. The lowest BCUT2D eigenvalue weighted by atomic mass is 9.96. The molecule has 22 heavy (non-hydrogen) atoms.